The van der Waals surface area contributed by atoms with Gasteiger partial charge in [0.05, 0.1) is 12.8 Å². The molecule has 1 amide bonds. The number of benzene rings is 2. The van der Waals surface area contributed by atoms with Crippen LogP contribution in [-0.4, -0.2) is 38.0 Å². The molecule has 0 fully saturated rings. The molecule has 0 heterocycles. The number of methoxy groups -OCH3 is 1. The van der Waals surface area contributed by atoms with Crippen LogP contribution in [0.5, 0.6) is 11.5 Å². The van der Waals surface area contributed by atoms with Crippen molar-refractivity contribution >= 4 is 34.9 Å². The quantitative estimate of drug-likeness (QED) is 0.549. The third kappa shape index (κ3) is 6.31. The first-order valence-electron chi connectivity index (χ1n) is 7.92. The van der Waals surface area contributed by atoms with Gasteiger partial charge in [-0.2, -0.15) is 0 Å². The van der Waals surface area contributed by atoms with Crippen LogP contribution in [0.4, 0.5) is 5.69 Å². The summed E-state index contributed by atoms with van der Waals surface area (Å²) in [5, 5.41) is 2.97. The van der Waals surface area contributed by atoms with E-state index in [1.54, 1.807) is 30.3 Å². The molecule has 0 saturated carbocycles. The Morgan fingerprint density at radius 1 is 1.07 bits per heavy atom. The molecular weight excluding hydrogens is 374 g/mol. The number of Topliss-reactive ketones (excluding diaryl/α,β-unsaturated/α-hetero) is 1. The van der Waals surface area contributed by atoms with E-state index in [0.717, 1.165) is 0 Å². The number of ether oxygens (including phenoxy) is 3. The van der Waals surface area contributed by atoms with Gasteiger partial charge in [0.25, 0.3) is 5.91 Å². The Bertz CT molecular complexity index is 852. The lowest BCUT2D eigenvalue weighted by Crippen LogP contribution is -2.23. The number of carbonyl (C=O) groups is 3. The van der Waals surface area contributed by atoms with E-state index in [-0.39, 0.29) is 5.78 Å². The number of carbonyl (C=O) groups excluding carboxylic acids is 3. The first-order valence-corrected chi connectivity index (χ1v) is 8.29. The number of esters is 1. The molecule has 0 aliphatic carbocycles. The van der Waals surface area contributed by atoms with E-state index in [4.69, 9.17) is 25.8 Å². The Balaban J connectivity index is 1.81. The summed E-state index contributed by atoms with van der Waals surface area (Å²) in [5.41, 5.74) is 0.832. The second kappa shape index (κ2) is 9.59. The second-order valence-corrected chi connectivity index (χ2v) is 5.86. The lowest BCUT2D eigenvalue weighted by molar-refractivity contribution is -0.149. The number of hydrogen-bond donors (Lipinski definition) is 1. The summed E-state index contributed by atoms with van der Waals surface area (Å²) in [7, 11) is 1.46. The van der Waals surface area contributed by atoms with Gasteiger partial charge < -0.3 is 19.5 Å². The monoisotopic (exact) mass is 391 g/mol. The molecule has 0 spiro atoms. The van der Waals surface area contributed by atoms with E-state index in [2.05, 4.69) is 5.32 Å². The van der Waals surface area contributed by atoms with E-state index >= 15 is 0 Å². The highest BCUT2D eigenvalue weighted by atomic mass is 35.5. The van der Waals surface area contributed by atoms with Crippen molar-refractivity contribution in [2.75, 3.05) is 25.6 Å². The summed E-state index contributed by atoms with van der Waals surface area (Å²) in [5.74, 6) is -0.615. The SMILES string of the molecule is COc1ccc(Cl)cc1NC(=O)COC(=O)COc1cccc(C(C)=O)c1. The lowest BCUT2D eigenvalue weighted by atomic mass is 10.1. The average molecular weight is 392 g/mol. The molecule has 8 heteroatoms. The van der Waals surface area contributed by atoms with Gasteiger partial charge in [0, 0.05) is 10.6 Å². The highest BCUT2D eigenvalue weighted by Gasteiger charge is 2.12. The van der Waals surface area contributed by atoms with Gasteiger partial charge in [0.1, 0.15) is 11.5 Å². The van der Waals surface area contributed by atoms with Gasteiger partial charge in [0.15, 0.2) is 19.0 Å². The summed E-state index contributed by atoms with van der Waals surface area (Å²) >= 11 is 5.89. The van der Waals surface area contributed by atoms with Crippen LogP contribution in [0.1, 0.15) is 17.3 Å². The van der Waals surface area contributed by atoms with Crippen molar-refractivity contribution < 1.29 is 28.6 Å². The molecule has 2 aromatic carbocycles. The van der Waals surface area contributed by atoms with Gasteiger partial charge in [-0.1, -0.05) is 23.7 Å². The van der Waals surface area contributed by atoms with Crippen LogP contribution in [0.3, 0.4) is 0 Å². The van der Waals surface area contributed by atoms with Crippen molar-refractivity contribution in [2.45, 2.75) is 6.92 Å². The number of nitrogens with one attached hydrogen (secondary N) is 1. The Labute approximate surface area is 161 Å². The van der Waals surface area contributed by atoms with Crippen LogP contribution in [0.25, 0.3) is 0 Å². The molecule has 142 valence electrons. The van der Waals surface area contributed by atoms with Crippen molar-refractivity contribution in [1.29, 1.82) is 0 Å². The number of halogens is 1. The predicted molar refractivity (Wildman–Crippen MR) is 99.5 cm³/mol. The molecular formula is C19H18ClNO6. The molecule has 0 unspecified atom stereocenters. The Morgan fingerprint density at radius 3 is 2.56 bits per heavy atom. The maximum atomic E-state index is 11.9. The summed E-state index contributed by atoms with van der Waals surface area (Å²) in [6.45, 7) is 0.543. The second-order valence-electron chi connectivity index (χ2n) is 5.43. The minimum Gasteiger partial charge on any atom is -0.495 e. The zero-order valence-corrected chi connectivity index (χ0v) is 15.5. The maximum Gasteiger partial charge on any atom is 0.344 e. The van der Waals surface area contributed by atoms with Crippen molar-refractivity contribution in [3.05, 3.63) is 53.1 Å². The van der Waals surface area contributed by atoms with Gasteiger partial charge in [-0.25, -0.2) is 4.79 Å². The fraction of sp³-hybridized carbons (Fsp3) is 0.211. The van der Waals surface area contributed by atoms with Crippen LogP contribution in [0.15, 0.2) is 42.5 Å². The Morgan fingerprint density at radius 2 is 1.85 bits per heavy atom. The minimum absolute atomic E-state index is 0.115. The Hall–Kier alpha value is -3.06. The number of ketones is 1. The van der Waals surface area contributed by atoms with E-state index < -0.39 is 25.1 Å². The molecule has 0 saturated heterocycles. The number of anilines is 1. The van der Waals surface area contributed by atoms with Crippen LogP contribution in [0, 0.1) is 0 Å². The largest absolute Gasteiger partial charge is 0.495 e. The van der Waals surface area contributed by atoms with Crippen molar-refractivity contribution in [2.24, 2.45) is 0 Å². The van der Waals surface area contributed by atoms with E-state index in [0.29, 0.717) is 27.8 Å². The summed E-state index contributed by atoms with van der Waals surface area (Å²) in [6.07, 6.45) is 0. The van der Waals surface area contributed by atoms with Gasteiger partial charge in [0.2, 0.25) is 0 Å². The van der Waals surface area contributed by atoms with Crippen LogP contribution >= 0.6 is 11.6 Å². The summed E-state index contributed by atoms with van der Waals surface area (Å²) < 4.78 is 15.2. The molecule has 0 atom stereocenters. The first kappa shape index (κ1) is 20.3. The van der Waals surface area contributed by atoms with Gasteiger partial charge in [-0.15, -0.1) is 0 Å². The molecule has 0 bridgehead atoms. The van der Waals surface area contributed by atoms with Crippen molar-refractivity contribution in [3.8, 4) is 11.5 Å². The summed E-state index contributed by atoms with van der Waals surface area (Å²) in [6, 6.07) is 11.2. The van der Waals surface area contributed by atoms with Gasteiger partial charge >= 0.3 is 5.97 Å². The molecule has 0 aliphatic rings. The van der Waals surface area contributed by atoms with Crippen LogP contribution in [-0.2, 0) is 14.3 Å². The normalized spacial score (nSPS) is 10.0. The van der Waals surface area contributed by atoms with E-state index in [1.165, 1.54) is 26.2 Å². The van der Waals surface area contributed by atoms with Gasteiger partial charge in [-0.3, -0.25) is 9.59 Å². The molecule has 0 radical (unpaired) electrons. The van der Waals surface area contributed by atoms with E-state index in [9.17, 15) is 14.4 Å². The average Bonchev–Trinajstić information content (AvgIpc) is 2.65. The van der Waals surface area contributed by atoms with Crippen molar-refractivity contribution in [1.82, 2.24) is 0 Å². The molecule has 2 aromatic rings. The third-order valence-electron chi connectivity index (χ3n) is 3.40. The summed E-state index contributed by atoms with van der Waals surface area (Å²) in [4.78, 5) is 35.0. The number of amides is 1. The fourth-order valence-electron chi connectivity index (χ4n) is 2.10. The molecule has 7 nitrogen and oxygen atoms in total. The lowest BCUT2D eigenvalue weighted by Gasteiger charge is -2.11. The molecule has 0 aliphatic heterocycles. The number of rotatable bonds is 8. The standard InChI is InChI=1S/C19H18ClNO6/c1-12(22)13-4-3-5-15(8-13)26-11-19(24)27-10-18(23)21-16-9-14(20)6-7-17(16)25-2/h3-9H,10-11H2,1-2H3,(H,21,23). The molecule has 2 rings (SSSR count). The first-order chi connectivity index (χ1) is 12.9. The number of hydrogen-bond acceptors (Lipinski definition) is 6. The maximum absolute atomic E-state index is 11.9. The fourth-order valence-corrected chi connectivity index (χ4v) is 2.27. The van der Waals surface area contributed by atoms with Crippen LogP contribution < -0.4 is 14.8 Å². The zero-order chi connectivity index (χ0) is 19.8. The smallest absolute Gasteiger partial charge is 0.344 e. The van der Waals surface area contributed by atoms with Crippen LogP contribution in [0.2, 0.25) is 5.02 Å². The van der Waals surface area contributed by atoms with Gasteiger partial charge in [-0.05, 0) is 37.3 Å². The van der Waals surface area contributed by atoms with Crippen molar-refractivity contribution in [3.63, 3.8) is 0 Å². The Kier molecular flexibility index (Phi) is 7.19. The third-order valence-corrected chi connectivity index (χ3v) is 3.63. The van der Waals surface area contributed by atoms with E-state index in [1.807, 2.05) is 0 Å². The highest BCUT2D eigenvalue weighted by Crippen LogP contribution is 2.27. The molecule has 27 heavy (non-hydrogen) atoms. The highest BCUT2D eigenvalue weighted by molar-refractivity contribution is 6.31. The molecule has 1 N–H and O–H groups in total. The minimum atomic E-state index is -0.726. The molecule has 0 aromatic heterocycles. The topological polar surface area (TPSA) is 90.9 Å². The predicted octanol–water partition coefficient (Wildman–Crippen LogP) is 3.11. The zero-order valence-electron chi connectivity index (χ0n) is 14.8.